The van der Waals surface area contributed by atoms with Crippen LogP contribution in [0.25, 0.3) is 0 Å². The first-order valence-electron chi connectivity index (χ1n) is 0. The van der Waals surface area contributed by atoms with Gasteiger partial charge in [0, 0.05) is 0 Å². The van der Waals surface area contributed by atoms with Crippen LogP contribution in [0.4, 0.5) is 0 Å². The average Bonchev–Trinajstić information content (AvgIpc) is 0. The van der Waals surface area contributed by atoms with E-state index in [1.807, 2.05) is 0 Å². The molecule has 0 radical (unpaired) electrons. The maximum Gasteiger partial charge on any atom is 2.00 e. The molecule has 0 aromatic rings. The molecule has 0 nitrogen and oxygen atoms in total. The van der Waals surface area contributed by atoms with Crippen molar-refractivity contribution >= 4 is 75.9 Å². The first-order chi connectivity index (χ1) is 0. The predicted octanol–water partition coefficient (Wildman–Crippen LogP) is -0.388. The molecular weight excluding hydrogens is 314 g/mol. The number of rotatable bonds is 0. The van der Waals surface area contributed by atoms with E-state index >= 15 is 0 Å². The Balaban J connectivity index is 0. The van der Waals surface area contributed by atoms with Crippen molar-refractivity contribution in [2.24, 2.45) is 0 Å². The van der Waals surface area contributed by atoms with Crippen molar-refractivity contribution in [3.05, 3.63) is 0 Å². The Bertz CT molecular complexity index is 6.00. The second kappa shape index (κ2) is 16.4. The third kappa shape index (κ3) is 8.96. The van der Waals surface area contributed by atoms with Gasteiger partial charge in [0.05, 0.1) is 0 Å². The topological polar surface area (TPSA) is 0 Å². The molecule has 4 heavy (non-hydrogen) atoms. The van der Waals surface area contributed by atoms with Crippen molar-refractivity contribution in [1.29, 1.82) is 0 Å². The van der Waals surface area contributed by atoms with Crippen LogP contribution in [0, 0.1) is 0 Å². The van der Waals surface area contributed by atoms with E-state index in [0.29, 0.717) is 0 Å². The van der Waals surface area contributed by atoms with E-state index in [1.165, 1.54) is 0 Å². The second-order valence-electron chi connectivity index (χ2n) is 0. The van der Waals surface area contributed by atoms with Crippen molar-refractivity contribution in [2.75, 3.05) is 0 Å². The van der Waals surface area contributed by atoms with Crippen LogP contribution in [-0.4, -0.2) is 48.9 Å². The summed E-state index contributed by atoms with van der Waals surface area (Å²) in [7, 11) is 0. The molecule has 0 aliphatic heterocycles. The van der Waals surface area contributed by atoms with Crippen molar-refractivity contribution < 1.29 is 27.3 Å². The monoisotopic (exact) mass is 316 g/mol. The Morgan fingerprint density at radius 1 is 0.750 bits per heavy atom. The molecule has 0 rings (SSSR count). The van der Waals surface area contributed by atoms with Gasteiger partial charge in [-0.3, -0.25) is 0 Å². The molecule has 0 aromatic carbocycles. The molecular formula is BaCdS2. The molecule has 0 fully saturated rings. The normalized spacial score (nSPS) is 0. The van der Waals surface area contributed by atoms with E-state index in [4.69, 9.17) is 0 Å². The van der Waals surface area contributed by atoms with E-state index in [9.17, 15) is 0 Å². The predicted molar refractivity (Wildman–Crippen MR) is 20.5 cm³/mol. The summed E-state index contributed by atoms with van der Waals surface area (Å²) in [6, 6.07) is 0. The third-order valence-electron chi connectivity index (χ3n) is 0. The summed E-state index contributed by atoms with van der Waals surface area (Å²) in [5.41, 5.74) is 0. The summed E-state index contributed by atoms with van der Waals surface area (Å²) < 4.78 is 0. The number of hydrogen-bond acceptors (Lipinski definition) is 0. The van der Waals surface area contributed by atoms with Crippen molar-refractivity contribution in [3.63, 3.8) is 0 Å². The Morgan fingerprint density at radius 2 is 0.750 bits per heavy atom. The molecule has 0 saturated carbocycles. The molecule has 0 saturated heterocycles. The molecule has 0 heterocycles. The van der Waals surface area contributed by atoms with Gasteiger partial charge in [0.15, 0.2) is 0 Å². The fourth-order valence-electron chi connectivity index (χ4n) is 0. The zero-order valence-corrected chi connectivity index (χ0v) is 12.3. The molecule has 0 aliphatic carbocycles. The van der Waals surface area contributed by atoms with Crippen LogP contribution in [0.3, 0.4) is 0 Å². The number of hydrogen-bond donors (Lipinski definition) is 0. The van der Waals surface area contributed by atoms with E-state index in [-0.39, 0.29) is 103 Å². The zero-order valence-electron chi connectivity index (χ0n) is 2.23. The zero-order chi connectivity index (χ0) is 0. The molecule has 0 aromatic heterocycles. The van der Waals surface area contributed by atoms with Gasteiger partial charge in [0.25, 0.3) is 0 Å². The van der Waals surface area contributed by atoms with E-state index in [0.717, 1.165) is 0 Å². The minimum Gasteiger partial charge on any atom is -2.00 e. The second-order valence-corrected chi connectivity index (χ2v) is 0. The fourth-order valence-corrected chi connectivity index (χ4v) is 0. The van der Waals surface area contributed by atoms with Crippen molar-refractivity contribution in [2.45, 2.75) is 0 Å². The maximum absolute atomic E-state index is 0. The van der Waals surface area contributed by atoms with Gasteiger partial charge in [0.2, 0.25) is 0 Å². The van der Waals surface area contributed by atoms with Gasteiger partial charge in [-0.1, -0.05) is 0 Å². The largest absolute Gasteiger partial charge is 2.00 e. The first kappa shape index (κ1) is 27.1. The summed E-state index contributed by atoms with van der Waals surface area (Å²) in [6.45, 7) is 0. The van der Waals surface area contributed by atoms with Crippen LogP contribution < -0.4 is 0 Å². The molecule has 0 N–H and O–H groups in total. The first-order valence-corrected chi connectivity index (χ1v) is 0. The molecule has 0 unspecified atom stereocenters. The smallest absolute Gasteiger partial charge is 2.00 e. The van der Waals surface area contributed by atoms with Gasteiger partial charge in [-0.15, -0.1) is 0 Å². The van der Waals surface area contributed by atoms with Crippen LogP contribution in [0.1, 0.15) is 0 Å². The van der Waals surface area contributed by atoms with Crippen LogP contribution in [0.5, 0.6) is 0 Å². The van der Waals surface area contributed by atoms with Gasteiger partial charge < -0.3 is 27.0 Å². The molecule has 0 bridgehead atoms. The summed E-state index contributed by atoms with van der Waals surface area (Å²) >= 11 is 0. The minimum atomic E-state index is 0. The van der Waals surface area contributed by atoms with E-state index in [2.05, 4.69) is 0 Å². The molecule has 0 atom stereocenters. The Kier molecular flexibility index (Phi) is 111. The maximum atomic E-state index is 0. The molecule has 4 heteroatoms. The summed E-state index contributed by atoms with van der Waals surface area (Å²) in [4.78, 5) is 0. The standard InChI is InChI=1S/Ba.Cd.2S/q2*+2;2*-2. The van der Waals surface area contributed by atoms with Crippen LogP contribution in [-0.2, 0) is 54.3 Å². The summed E-state index contributed by atoms with van der Waals surface area (Å²) in [5, 5.41) is 0. The fraction of sp³-hybridized carbons (Fsp3) is 0. The Morgan fingerprint density at radius 3 is 0.750 bits per heavy atom. The van der Waals surface area contributed by atoms with Crippen molar-refractivity contribution in [1.82, 2.24) is 0 Å². The molecule has 0 spiro atoms. The van der Waals surface area contributed by atoms with Gasteiger partial charge in [-0.25, -0.2) is 0 Å². The van der Waals surface area contributed by atoms with Crippen LogP contribution >= 0.6 is 0 Å². The van der Waals surface area contributed by atoms with Gasteiger partial charge in [0.1, 0.15) is 0 Å². The van der Waals surface area contributed by atoms with Crippen molar-refractivity contribution in [3.8, 4) is 0 Å². The Labute approximate surface area is 101 Å². The summed E-state index contributed by atoms with van der Waals surface area (Å²) in [5.74, 6) is 0. The SMILES string of the molecule is [Ba+2].[Cd+2].[S-2].[S-2]. The van der Waals surface area contributed by atoms with Gasteiger partial charge in [-0.05, 0) is 0 Å². The van der Waals surface area contributed by atoms with Crippen LogP contribution in [0.2, 0.25) is 0 Å². The summed E-state index contributed by atoms with van der Waals surface area (Å²) in [6.07, 6.45) is 0. The molecule has 0 aliphatic rings. The van der Waals surface area contributed by atoms with Crippen LogP contribution in [0.15, 0.2) is 0 Å². The van der Waals surface area contributed by atoms with Gasteiger partial charge in [-0.2, -0.15) is 0 Å². The minimum absolute atomic E-state index is 0. The molecule has 16 valence electrons. The van der Waals surface area contributed by atoms with Gasteiger partial charge >= 0.3 is 76.2 Å². The molecule has 0 amide bonds. The third-order valence-corrected chi connectivity index (χ3v) is 0. The quantitative estimate of drug-likeness (QED) is 0.535. The van der Waals surface area contributed by atoms with E-state index < -0.39 is 0 Å². The Hall–Kier alpha value is 3.19. The average molecular weight is 314 g/mol. The van der Waals surface area contributed by atoms with E-state index in [1.54, 1.807) is 0 Å².